The average Bonchev–Trinajstić information content (AvgIpc) is 2.37. The van der Waals surface area contributed by atoms with Gasteiger partial charge in [0.2, 0.25) is 0 Å². The lowest BCUT2D eigenvalue weighted by molar-refractivity contribution is 0.374. The van der Waals surface area contributed by atoms with Gasteiger partial charge in [0.25, 0.3) is 0 Å². The van der Waals surface area contributed by atoms with Crippen LogP contribution in [0.5, 0.6) is 0 Å². The number of hydrogen-bond acceptors (Lipinski definition) is 1. The van der Waals surface area contributed by atoms with Crippen LogP contribution in [0.4, 0.5) is 10.1 Å². The van der Waals surface area contributed by atoms with E-state index >= 15 is 0 Å². The molecule has 20 heavy (non-hydrogen) atoms. The summed E-state index contributed by atoms with van der Waals surface area (Å²) in [6.45, 7) is 0. The first-order valence-electron chi connectivity index (χ1n) is 6.59. The van der Waals surface area contributed by atoms with Gasteiger partial charge in [0.1, 0.15) is 5.82 Å². The van der Waals surface area contributed by atoms with Gasteiger partial charge in [-0.2, -0.15) is 0 Å². The number of rotatable bonds is 3. The Balaban J connectivity index is 1.62. The highest BCUT2D eigenvalue weighted by molar-refractivity contribution is 14.1. The standard InChI is InChI=1S/C16H14ClFIN/c17-14-4-2-1-3-13(14)10-7-12(8-10)20-16-6-5-11(18)9-15(16)19/h1-6,9-10,12,20H,7-8H2. The smallest absolute Gasteiger partial charge is 0.124 e. The third-order valence-electron chi connectivity index (χ3n) is 3.77. The van der Waals surface area contributed by atoms with E-state index < -0.39 is 0 Å². The van der Waals surface area contributed by atoms with Gasteiger partial charge in [0.15, 0.2) is 0 Å². The van der Waals surface area contributed by atoms with Crippen LogP contribution in [0.15, 0.2) is 42.5 Å². The molecule has 0 bridgehead atoms. The van der Waals surface area contributed by atoms with Crippen molar-refractivity contribution in [1.82, 2.24) is 0 Å². The maximum absolute atomic E-state index is 13.1. The molecule has 0 aliphatic heterocycles. The molecule has 4 heteroatoms. The first-order valence-corrected chi connectivity index (χ1v) is 8.05. The van der Waals surface area contributed by atoms with Crippen molar-refractivity contribution in [3.8, 4) is 0 Å². The van der Waals surface area contributed by atoms with Crippen molar-refractivity contribution < 1.29 is 4.39 Å². The van der Waals surface area contributed by atoms with Crippen LogP contribution in [-0.4, -0.2) is 6.04 Å². The van der Waals surface area contributed by atoms with E-state index in [0.717, 1.165) is 27.1 Å². The molecule has 0 radical (unpaired) electrons. The van der Waals surface area contributed by atoms with Crippen molar-refractivity contribution in [3.05, 3.63) is 62.4 Å². The molecule has 0 atom stereocenters. The number of halogens is 3. The summed E-state index contributed by atoms with van der Waals surface area (Å²) in [6, 6.07) is 13.3. The molecule has 0 unspecified atom stereocenters. The molecule has 2 aromatic rings. The minimum atomic E-state index is -0.192. The predicted octanol–water partition coefficient (Wildman–Crippen LogP) is 5.44. The fourth-order valence-electron chi connectivity index (χ4n) is 2.62. The fourth-order valence-corrected chi connectivity index (χ4v) is 3.55. The van der Waals surface area contributed by atoms with Gasteiger partial charge in [0, 0.05) is 20.3 Å². The van der Waals surface area contributed by atoms with Gasteiger partial charge in [-0.1, -0.05) is 29.8 Å². The molecule has 1 fully saturated rings. The molecule has 1 nitrogen and oxygen atoms in total. The summed E-state index contributed by atoms with van der Waals surface area (Å²) in [5, 5.41) is 4.33. The first-order chi connectivity index (χ1) is 9.63. The summed E-state index contributed by atoms with van der Waals surface area (Å²) in [5.41, 5.74) is 2.25. The molecule has 1 N–H and O–H groups in total. The number of hydrogen-bond donors (Lipinski definition) is 1. The second-order valence-electron chi connectivity index (χ2n) is 5.16. The molecule has 104 valence electrons. The molecule has 2 aromatic carbocycles. The lowest BCUT2D eigenvalue weighted by atomic mass is 9.76. The highest BCUT2D eigenvalue weighted by Crippen LogP contribution is 2.41. The minimum Gasteiger partial charge on any atom is -0.381 e. The van der Waals surface area contributed by atoms with E-state index in [2.05, 4.69) is 34.0 Å². The zero-order chi connectivity index (χ0) is 14.1. The lowest BCUT2D eigenvalue weighted by Gasteiger charge is -2.37. The topological polar surface area (TPSA) is 12.0 Å². The fraction of sp³-hybridized carbons (Fsp3) is 0.250. The molecule has 0 saturated heterocycles. The van der Waals surface area contributed by atoms with Gasteiger partial charge in [0.05, 0.1) is 0 Å². The van der Waals surface area contributed by atoms with E-state index in [-0.39, 0.29) is 5.82 Å². The molecule has 1 saturated carbocycles. The predicted molar refractivity (Wildman–Crippen MR) is 90.0 cm³/mol. The van der Waals surface area contributed by atoms with Crippen LogP contribution < -0.4 is 5.32 Å². The Morgan fingerprint density at radius 1 is 1.15 bits per heavy atom. The first kappa shape index (κ1) is 14.1. The Kier molecular flexibility index (Phi) is 4.17. The van der Waals surface area contributed by atoms with Crippen LogP contribution in [0, 0.1) is 9.39 Å². The van der Waals surface area contributed by atoms with E-state index in [1.165, 1.54) is 11.6 Å². The summed E-state index contributed by atoms with van der Waals surface area (Å²) in [4.78, 5) is 0. The van der Waals surface area contributed by atoms with E-state index in [4.69, 9.17) is 11.6 Å². The summed E-state index contributed by atoms with van der Waals surface area (Å²) in [5.74, 6) is 0.335. The van der Waals surface area contributed by atoms with Gasteiger partial charge in [-0.3, -0.25) is 0 Å². The zero-order valence-electron chi connectivity index (χ0n) is 10.7. The van der Waals surface area contributed by atoms with E-state index in [1.807, 2.05) is 18.2 Å². The molecular weight excluding hydrogens is 388 g/mol. The maximum Gasteiger partial charge on any atom is 0.124 e. The third kappa shape index (κ3) is 2.93. The van der Waals surface area contributed by atoms with E-state index in [9.17, 15) is 4.39 Å². The van der Waals surface area contributed by atoms with Gasteiger partial charge in [-0.25, -0.2) is 4.39 Å². The third-order valence-corrected chi connectivity index (χ3v) is 5.01. The van der Waals surface area contributed by atoms with E-state index in [0.29, 0.717) is 12.0 Å². The molecule has 0 aromatic heterocycles. The van der Waals surface area contributed by atoms with Crippen LogP contribution in [-0.2, 0) is 0 Å². The summed E-state index contributed by atoms with van der Waals surface area (Å²) in [7, 11) is 0. The van der Waals surface area contributed by atoms with Gasteiger partial charge in [-0.05, 0) is 71.2 Å². The van der Waals surface area contributed by atoms with Crippen LogP contribution >= 0.6 is 34.2 Å². The second kappa shape index (κ2) is 5.90. The van der Waals surface area contributed by atoms with Crippen LogP contribution in [0.2, 0.25) is 5.02 Å². The molecule has 0 amide bonds. The van der Waals surface area contributed by atoms with Gasteiger partial charge < -0.3 is 5.32 Å². The average molecular weight is 402 g/mol. The lowest BCUT2D eigenvalue weighted by Crippen LogP contribution is -2.34. The van der Waals surface area contributed by atoms with E-state index in [1.54, 1.807) is 12.1 Å². The summed E-state index contributed by atoms with van der Waals surface area (Å²) in [6.07, 6.45) is 2.13. The SMILES string of the molecule is Fc1ccc(NC2CC(c3ccccc3Cl)C2)c(I)c1. The van der Waals surface area contributed by atoms with Crippen molar-refractivity contribution in [2.45, 2.75) is 24.8 Å². The van der Waals surface area contributed by atoms with Gasteiger partial charge >= 0.3 is 0 Å². The quantitative estimate of drug-likeness (QED) is 0.675. The monoisotopic (exact) mass is 401 g/mol. The van der Waals surface area contributed by atoms with Crippen molar-refractivity contribution in [2.75, 3.05) is 5.32 Å². The molecule has 3 rings (SSSR count). The van der Waals surface area contributed by atoms with Crippen LogP contribution in [0.3, 0.4) is 0 Å². The number of nitrogens with one attached hydrogen (secondary N) is 1. The Hall–Kier alpha value is -0.810. The molecule has 1 aliphatic rings. The Labute approximate surface area is 136 Å². The largest absolute Gasteiger partial charge is 0.381 e. The molecule has 0 heterocycles. The van der Waals surface area contributed by atoms with Crippen LogP contribution in [0.1, 0.15) is 24.3 Å². The number of anilines is 1. The van der Waals surface area contributed by atoms with Crippen molar-refractivity contribution in [3.63, 3.8) is 0 Å². The number of benzene rings is 2. The minimum absolute atomic E-state index is 0.192. The molecular formula is C16H14ClFIN. The zero-order valence-corrected chi connectivity index (χ0v) is 13.7. The van der Waals surface area contributed by atoms with Crippen LogP contribution in [0.25, 0.3) is 0 Å². The van der Waals surface area contributed by atoms with Crippen molar-refractivity contribution in [2.24, 2.45) is 0 Å². The Morgan fingerprint density at radius 3 is 2.60 bits per heavy atom. The second-order valence-corrected chi connectivity index (χ2v) is 6.72. The van der Waals surface area contributed by atoms with Gasteiger partial charge in [-0.15, -0.1) is 0 Å². The molecule has 1 aliphatic carbocycles. The summed E-state index contributed by atoms with van der Waals surface area (Å²) >= 11 is 8.38. The maximum atomic E-state index is 13.1. The highest BCUT2D eigenvalue weighted by atomic mass is 127. The van der Waals surface area contributed by atoms with Crippen molar-refractivity contribution in [1.29, 1.82) is 0 Å². The Bertz CT molecular complexity index is 626. The normalized spacial score (nSPS) is 21.4. The summed E-state index contributed by atoms with van der Waals surface area (Å²) < 4.78 is 14.0. The highest BCUT2D eigenvalue weighted by Gasteiger charge is 2.31. The van der Waals surface area contributed by atoms with Crippen molar-refractivity contribution >= 4 is 39.9 Å². The Morgan fingerprint density at radius 2 is 1.90 bits per heavy atom. The molecule has 0 spiro atoms.